The van der Waals surface area contributed by atoms with Crippen molar-refractivity contribution in [2.24, 2.45) is 0 Å². The lowest BCUT2D eigenvalue weighted by Gasteiger charge is -2.23. The van der Waals surface area contributed by atoms with Crippen molar-refractivity contribution in [3.05, 3.63) is 41.7 Å². The molecule has 1 aliphatic heterocycles. The van der Waals surface area contributed by atoms with Crippen LogP contribution < -0.4 is 9.80 Å². The summed E-state index contributed by atoms with van der Waals surface area (Å²) in [5, 5.41) is 8.24. The van der Waals surface area contributed by atoms with Crippen molar-refractivity contribution in [2.45, 2.75) is 19.5 Å². The molecule has 2 aromatic rings. The summed E-state index contributed by atoms with van der Waals surface area (Å²) in [6.07, 6.45) is -2.33. The molecule has 0 N–H and O–H groups in total. The largest absolute Gasteiger partial charge is 0.416 e. The molecule has 3 rings (SSSR count). The molecular weight excluding hydrogens is 319 g/mol. The van der Waals surface area contributed by atoms with Crippen LogP contribution in [0, 0.1) is 6.92 Å². The molecule has 0 aromatic carbocycles. The smallest absolute Gasteiger partial charge is 0.355 e. The topological polar surface area (TPSA) is 45.2 Å². The van der Waals surface area contributed by atoms with Crippen molar-refractivity contribution < 1.29 is 13.2 Å². The minimum Gasteiger partial charge on any atom is -0.355 e. The first-order valence-corrected chi connectivity index (χ1v) is 7.77. The summed E-state index contributed by atoms with van der Waals surface area (Å²) in [4.78, 5) is 8.09. The molecule has 128 valence electrons. The lowest BCUT2D eigenvalue weighted by Crippen LogP contribution is -2.31. The first-order chi connectivity index (χ1) is 11.4. The molecule has 0 aliphatic carbocycles. The highest BCUT2D eigenvalue weighted by atomic mass is 19.4. The Balaban J connectivity index is 1.73. The minimum atomic E-state index is -4.35. The van der Waals surface area contributed by atoms with Gasteiger partial charge in [0.15, 0.2) is 5.82 Å². The third-order valence-corrected chi connectivity index (χ3v) is 4.00. The van der Waals surface area contributed by atoms with Crippen molar-refractivity contribution in [2.75, 3.05) is 36.0 Å². The summed E-state index contributed by atoms with van der Waals surface area (Å²) < 4.78 is 38.6. The average Bonchev–Trinajstić information content (AvgIpc) is 2.81. The minimum absolute atomic E-state index is 0.363. The van der Waals surface area contributed by atoms with Crippen molar-refractivity contribution in [3.8, 4) is 0 Å². The van der Waals surface area contributed by atoms with Crippen molar-refractivity contribution in [1.82, 2.24) is 15.2 Å². The van der Waals surface area contributed by atoms with Crippen LogP contribution in [-0.4, -0.2) is 41.4 Å². The van der Waals surface area contributed by atoms with Gasteiger partial charge in [-0.3, -0.25) is 0 Å². The van der Waals surface area contributed by atoms with Crippen LogP contribution in [0.2, 0.25) is 0 Å². The maximum atomic E-state index is 12.9. The summed E-state index contributed by atoms with van der Waals surface area (Å²) in [6, 6.07) is 5.93. The van der Waals surface area contributed by atoms with Gasteiger partial charge in [-0.2, -0.15) is 18.3 Å². The third-order valence-electron chi connectivity index (χ3n) is 4.00. The van der Waals surface area contributed by atoms with E-state index >= 15 is 0 Å². The highest BCUT2D eigenvalue weighted by molar-refractivity contribution is 5.44. The van der Waals surface area contributed by atoms with Crippen LogP contribution in [0.4, 0.5) is 24.8 Å². The molecule has 0 unspecified atom stereocenters. The van der Waals surface area contributed by atoms with Crippen LogP contribution >= 0.6 is 0 Å². The summed E-state index contributed by atoms with van der Waals surface area (Å²) in [5.74, 6) is 1.15. The van der Waals surface area contributed by atoms with E-state index in [-0.39, 0.29) is 0 Å². The molecule has 0 amide bonds. The monoisotopic (exact) mass is 337 g/mol. The van der Waals surface area contributed by atoms with Crippen LogP contribution in [0.25, 0.3) is 0 Å². The molecule has 8 heteroatoms. The Bertz CT molecular complexity index is 687. The Morgan fingerprint density at radius 1 is 0.917 bits per heavy atom. The Hall–Kier alpha value is -2.38. The molecule has 0 saturated carbocycles. The van der Waals surface area contributed by atoms with Crippen molar-refractivity contribution in [3.63, 3.8) is 0 Å². The summed E-state index contributed by atoms with van der Waals surface area (Å²) >= 11 is 0. The summed E-state index contributed by atoms with van der Waals surface area (Å²) in [6.45, 7) is 4.57. The second kappa shape index (κ2) is 6.62. The van der Waals surface area contributed by atoms with Gasteiger partial charge in [-0.25, -0.2) is 4.98 Å². The van der Waals surface area contributed by atoms with E-state index in [1.807, 2.05) is 24.0 Å². The van der Waals surface area contributed by atoms with Gasteiger partial charge < -0.3 is 9.80 Å². The summed E-state index contributed by atoms with van der Waals surface area (Å²) in [5.41, 5.74) is 0.182. The Kier molecular flexibility index (Phi) is 4.55. The van der Waals surface area contributed by atoms with Crippen molar-refractivity contribution in [1.29, 1.82) is 0 Å². The molecule has 24 heavy (non-hydrogen) atoms. The van der Waals surface area contributed by atoms with E-state index in [9.17, 15) is 13.2 Å². The van der Waals surface area contributed by atoms with Crippen LogP contribution in [-0.2, 0) is 6.18 Å². The molecule has 1 saturated heterocycles. The van der Waals surface area contributed by atoms with Crippen LogP contribution in [0.3, 0.4) is 0 Å². The maximum Gasteiger partial charge on any atom is 0.416 e. The number of pyridine rings is 1. The number of hydrogen-bond donors (Lipinski definition) is 0. The van der Waals surface area contributed by atoms with Crippen LogP contribution in [0.1, 0.15) is 17.7 Å². The third kappa shape index (κ3) is 3.74. The molecule has 0 bridgehead atoms. The molecule has 2 aromatic heterocycles. The van der Waals surface area contributed by atoms with E-state index in [2.05, 4.69) is 20.1 Å². The van der Waals surface area contributed by atoms with Gasteiger partial charge in [0.25, 0.3) is 0 Å². The highest BCUT2D eigenvalue weighted by Gasteiger charge is 2.31. The standard InChI is InChI=1S/C16H18F3N5/c1-12-3-4-14(22-21-12)23-7-2-8-24(10-9-23)15-11-13(5-6-20-15)16(17,18)19/h3-6,11H,2,7-10H2,1H3. The van der Waals surface area contributed by atoms with Gasteiger partial charge in [0, 0.05) is 32.4 Å². The van der Waals surface area contributed by atoms with Crippen LogP contribution in [0.15, 0.2) is 30.5 Å². The zero-order chi connectivity index (χ0) is 17.2. The van der Waals surface area contributed by atoms with E-state index in [0.717, 1.165) is 36.6 Å². The quantitative estimate of drug-likeness (QED) is 0.843. The zero-order valence-corrected chi connectivity index (χ0v) is 13.3. The normalized spacial score (nSPS) is 16.2. The zero-order valence-electron chi connectivity index (χ0n) is 13.3. The molecule has 0 spiro atoms. The maximum absolute atomic E-state index is 12.9. The van der Waals surface area contributed by atoms with E-state index in [1.165, 1.54) is 6.20 Å². The summed E-state index contributed by atoms with van der Waals surface area (Å²) in [7, 11) is 0. The van der Waals surface area contributed by atoms with Gasteiger partial charge >= 0.3 is 6.18 Å². The van der Waals surface area contributed by atoms with Crippen molar-refractivity contribution >= 4 is 11.6 Å². The second-order valence-electron chi connectivity index (χ2n) is 5.76. The number of hydrogen-bond acceptors (Lipinski definition) is 5. The van der Waals surface area contributed by atoms with Gasteiger partial charge in [-0.15, -0.1) is 5.10 Å². The molecule has 0 atom stereocenters. The Morgan fingerprint density at radius 3 is 2.25 bits per heavy atom. The molecule has 5 nitrogen and oxygen atoms in total. The molecule has 1 fully saturated rings. The molecule has 3 heterocycles. The van der Waals surface area contributed by atoms with E-state index in [1.54, 1.807) is 0 Å². The predicted octanol–water partition coefficient (Wildman–Crippen LogP) is 2.92. The number of halogens is 3. The molecule has 0 radical (unpaired) electrons. The molecular formula is C16H18F3N5. The van der Waals surface area contributed by atoms with E-state index in [0.29, 0.717) is 25.5 Å². The number of alkyl halides is 3. The predicted molar refractivity (Wildman–Crippen MR) is 85.1 cm³/mol. The lowest BCUT2D eigenvalue weighted by molar-refractivity contribution is -0.137. The number of rotatable bonds is 2. The van der Waals surface area contributed by atoms with Crippen LogP contribution in [0.5, 0.6) is 0 Å². The van der Waals surface area contributed by atoms with E-state index in [4.69, 9.17) is 0 Å². The van der Waals surface area contributed by atoms with Gasteiger partial charge in [0.2, 0.25) is 0 Å². The fourth-order valence-corrected chi connectivity index (χ4v) is 2.70. The lowest BCUT2D eigenvalue weighted by atomic mass is 10.2. The SMILES string of the molecule is Cc1ccc(N2CCCN(c3cc(C(F)(F)F)ccn3)CC2)nn1. The Labute approximate surface area is 138 Å². The number of nitrogens with zero attached hydrogens (tertiary/aromatic N) is 5. The number of aryl methyl sites for hydroxylation is 1. The second-order valence-corrected chi connectivity index (χ2v) is 5.76. The average molecular weight is 337 g/mol. The van der Waals surface area contributed by atoms with Gasteiger partial charge in [-0.1, -0.05) is 0 Å². The van der Waals surface area contributed by atoms with Gasteiger partial charge in [-0.05, 0) is 37.6 Å². The Morgan fingerprint density at radius 2 is 1.62 bits per heavy atom. The fourth-order valence-electron chi connectivity index (χ4n) is 2.70. The first kappa shape index (κ1) is 16.5. The van der Waals surface area contributed by atoms with Gasteiger partial charge in [0.05, 0.1) is 11.3 Å². The number of anilines is 2. The van der Waals surface area contributed by atoms with E-state index < -0.39 is 11.7 Å². The number of aromatic nitrogens is 3. The fraction of sp³-hybridized carbons (Fsp3) is 0.438. The molecule has 1 aliphatic rings. The highest BCUT2D eigenvalue weighted by Crippen LogP contribution is 2.31. The first-order valence-electron chi connectivity index (χ1n) is 7.77. The van der Waals surface area contributed by atoms with Gasteiger partial charge in [0.1, 0.15) is 5.82 Å².